The van der Waals surface area contributed by atoms with Crippen LogP contribution in [0.5, 0.6) is 0 Å². The van der Waals surface area contributed by atoms with Crippen molar-refractivity contribution in [1.29, 1.82) is 0 Å². The summed E-state index contributed by atoms with van der Waals surface area (Å²) >= 11 is 2.16. The highest BCUT2D eigenvalue weighted by Crippen LogP contribution is 2.08. The molecule has 0 unspecified atom stereocenters. The molecule has 6 heteroatoms. The van der Waals surface area contributed by atoms with Gasteiger partial charge >= 0.3 is 12.0 Å². The first kappa shape index (κ1) is 12.8. The smallest absolute Gasteiger partial charge is 0.326 e. The summed E-state index contributed by atoms with van der Waals surface area (Å²) in [6, 6.07) is 5.56. The number of aliphatic carboxylic acids is 1. The number of carboxylic acid groups (broad SMARTS) is 1. The van der Waals surface area contributed by atoms with E-state index in [-0.39, 0.29) is 6.42 Å². The van der Waals surface area contributed by atoms with E-state index in [4.69, 9.17) is 10.8 Å². The predicted octanol–water partition coefficient (Wildman–Crippen LogP) is 0.955. The van der Waals surface area contributed by atoms with Gasteiger partial charge in [-0.1, -0.05) is 12.1 Å². The molecule has 0 saturated heterocycles. The normalized spacial score (nSPS) is 11.8. The molecule has 1 aromatic carbocycles. The third-order valence-electron chi connectivity index (χ3n) is 1.97. The van der Waals surface area contributed by atoms with Crippen LogP contribution in [0.2, 0.25) is 0 Å². The van der Waals surface area contributed by atoms with Crippen LogP contribution in [-0.4, -0.2) is 23.1 Å². The van der Waals surface area contributed by atoms with Crippen LogP contribution in [0, 0.1) is 3.57 Å². The number of urea groups is 1. The van der Waals surface area contributed by atoms with Crippen molar-refractivity contribution in [1.82, 2.24) is 5.32 Å². The number of primary amides is 1. The third-order valence-corrected chi connectivity index (χ3v) is 2.69. The first-order valence-electron chi connectivity index (χ1n) is 4.52. The van der Waals surface area contributed by atoms with E-state index in [0.717, 1.165) is 9.13 Å². The summed E-state index contributed by atoms with van der Waals surface area (Å²) in [5, 5.41) is 11.0. The van der Waals surface area contributed by atoms with Crippen LogP contribution >= 0.6 is 22.6 Å². The Balaban J connectivity index is 2.71. The molecule has 0 aromatic heterocycles. The lowest BCUT2D eigenvalue weighted by Gasteiger charge is -2.12. The number of carboxylic acids is 1. The van der Waals surface area contributed by atoms with Gasteiger partial charge < -0.3 is 16.2 Å². The van der Waals surface area contributed by atoms with Crippen molar-refractivity contribution in [3.63, 3.8) is 0 Å². The zero-order chi connectivity index (χ0) is 12.1. The van der Waals surface area contributed by atoms with E-state index in [1.807, 2.05) is 24.3 Å². The first-order valence-corrected chi connectivity index (χ1v) is 5.60. The van der Waals surface area contributed by atoms with E-state index in [1.165, 1.54) is 0 Å². The minimum atomic E-state index is -1.10. The summed E-state index contributed by atoms with van der Waals surface area (Å²) in [7, 11) is 0. The third kappa shape index (κ3) is 4.05. The highest BCUT2D eigenvalue weighted by Gasteiger charge is 2.18. The molecular formula is C10H11IN2O3. The number of rotatable bonds is 4. The maximum Gasteiger partial charge on any atom is 0.326 e. The number of benzene rings is 1. The monoisotopic (exact) mass is 334 g/mol. The second-order valence-electron chi connectivity index (χ2n) is 3.23. The summed E-state index contributed by atoms with van der Waals surface area (Å²) in [5.41, 5.74) is 5.73. The molecule has 2 amide bonds. The van der Waals surface area contributed by atoms with Gasteiger partial charge in [0, 0.05) is 9.99 Å². The Morgan fingerprint density at radius 1 is 1.38 bits per heavy atom. The average Bonchev–Trinajstić information content (AvgIpc) is 2.19. The molecular weight excluding hydrogens is 323 g/mol. The molecule has 16 heavy (non-hydrogen) atoms. The summed E-state index contributed by atoms with van der Waals surface area (Å²) < 4.78 is 1.07. The van der Waals surface area contributed by atoms with Gasteiger partial charge in [-0.05, 0) is 40.3 Å². The van der Waals surface area contributed by atoms with Gasteiger partial charge in [-0.15, -0.1) is 0 Å². The molecule has 4 N–H and O–H groups in total. The molecule has 5 nitrogen and oxygen atoms in total. The van der Waals surface area contributed by atoms with Crippen molar-refractivity contribution in [2.24, 2.45) is 5.73 Å². The van der Waals surface area contributed by atoms with Gasteiger partial charge in [0.15, 0.2) is 0 Å². The number of nitrogens with one attached hydrogen (secondary N) is 1. The minimum Gasteiger partial charge on any atom is -0.480 e. The van der Waals surface area contributed by atoms with E-state index in [2.05, 4.69) is 27.9 Å². The van der Waals surface area contributed by atoms with Gasteiger partial charge in [0.05, 0.1) is 0 Å². The molecule has 0 saturated carbocycles. The van der Waals surface area contributed by atoms with Gasteiger partial charge in [-0.2, -0.15) is 0 Å². The maximum atomic E-state index is 10.8. The summed E-state index contributed by atoms with van der Waals surface area (Å²) in [5.74, 6) is -1.10. The largest absolute Gasteiger partial charge is 0.480 e. The number of amides is 2. The van der Waals surface area contributed by atoms with Crippen LogP contribution in [0.25, 0.3) is 0 Å². The van der Waals surface area contributed by atoms with E-state index in [9.17, 15) is 9.59 Å². The number of carbonyl (C=O) groups excluding carboxylic acids is 1. The van der Waals surface area contributed by atoms with Crippen LogP contribution in [0.3, 0.4) is 0 Å². The molecule has 0 aliphatic carbocycles. The van der Waals surface area contributed by atoms with Crippen molar-refractivity contribution < 1.29 is 14.7 Å². The lowest BCUT2D eigenvalue weighted by Crippen LogP contribution is -2.44. The van der Waals surface area contributed by atoms with E-state index in [0.29, 0.717) is 0 Å². The number of nitrogens with two attached hydrogens (primary N) is 1. The van der Waals surface area contributed by atoms with Crippen molar-refractivity contribution in [3.05, 3.63) is 33.4 Å². The topological polar surface area (TPSA) is 92.4 Å². The quantitative estimate of drug-likeness (QED) is 0.716. The van der Waals surface area contributed by atoms with E-state index >= 15 is 0 Å². The van der Waals surface area contributed by atoms with Crippen LogP contribution in [0.4, 0.5) is 4.79 Å². The summed E-state index contributed by atoms with van der Waals surface area (Å²) in [6.07, 6.45) is 0.217. The van der Waals surface area contributed by atoms with E-state index in [1.54, 1.807) is 0 Å². The van der Waals surface area contributed by atoms with Gasteiger partial charge in [-0.25, -0.2) is 9.59 Å². The van der Waals surface area contributed by atoms with Gasteiger partial charge in [0.1, 0.15) is 6.04 Å². The van der Waals surface area contributed by atoms with Crippen molar-refractivity contribution >= 4 is 34.6 Å². The molecule has 1 rings (SSSR count). The van der Waals surface area contributed by atoms with Gasteiger partial charge in [0.25, 0.3) is 0 Å². The lowest BCUT2D eigenvalue weighted by atomic mass is 10.1. The van der Waals surface area contributed by atoms with Crippen LogP contribution in [0.15, 0.2) is 24.3 Å². The molecule has 0 aliphatic heterocycles. The molecule has 86 valence electrons. The Morgan fingerprint density at radius 3 is 2.38 bits per heavy atom. The highest BCUT2D eigenvalue weighted by molar-refractivity contribution is 14.1. The fourth-order valence-electron chi connectivity index (χ4n) is 1.23. The lowest BCUT2D eigenvalue weighted by molar-refractivity contribution is -0.139. The second kappa shape index (κ2) is 5.69. The average molecular weight is 334 g/mol. The Morgan fingerprint density at radius 2 is 1.94 bits per heavy atom. The fraction of sp³-hybridized carbons (Fsp3) is 0.200. The molecule has 0 fully saturated rings. The van der Waals surface area contributed by atoms with Crippen molar-refractivity contribution in [3.8, 4) is 0 Å². The SMILES string of the molecule is NC(=O)N[C@@H](Cc1ccc(I)cc1)C(=O)O. The Labute approximate surface area is 106 Å². The van der Waals surface area contributed by atoms with Crippen molar-refractivity contribution in [2.45, 2.75) is 12.5 Å². The minimum absolute atomic E-state index is 0.217. The summed E-state index contributed by atoms with van der Waals surface area (Å²) in [4.78, 5) is 21.4. The number of halogens is 1. The van der Waals surface area contributed by atoms with Crippen LogP contribution in [-0.2, 0) is 11.2 Å². The highest BCUT2D eigenvalue weighted by atomic mass is 127. The first-order chi connectivity index (χ1) is 7.49. The molecule has 0 heterocycles. The molecule has 0 bridgehead atoms. The molecule has 0 radical (unpaired) electrons. The molecule has 0 spiro atoms. The predicted molar refractivity (Wildman–Crippen MR) is 67.0 cm³/mol. The summed E-state index contributed by atoms with van der Waals surface area (Å²) in [6.45, 7) is 0. The van der Waals surface area contributed by atoms with Crippen LogP contribution in [0.1, 0.15) is 5.56 Å². The molecule has 0 aliphatic rings. The Bertz CT molecular complexity index is 392. The van der Waals surface area contributed by atoms with Gasteiger partial charge in [0.2, 0.25) is 0 Å². The zero-order valence-electron chi connectivity index (χ0n) is 8.31. The number of hydrogen-bond donors (Lipinski definition) is 3. The fourth-order valence-corrected chi connectivity index (χ4v) is 1.59. The maximum absolute atomic E-state index is 10.8. The standard InChI is InChI=1S/C10H11IN2O3/c11-7-3-1-6(2-4-7)5-8(9(14)15)13-10(12)16/h1-4,8H,5H2,(H,14,15)(H3,12,13,16)/t8-/m0/s1. The Hall–Kier alpha value is -1.31. The number of hydrogen-bond acceptors (Lipinski definition) is 2. The molecule has 1 atom stereocenters. The number of carbonyl (C=O) groups is 2. The zero-order valence-corrected chi connectivity index (χ0v) is 10.5. The molecule has 1 aromatic rings. The van der Waals surface area contributed by atoms with Gasteiger partial charge in [-0.3, -0.25) is 0 Å². The van der Waals surface area contributed by atoms with E-state index < -0.39 is 18.0 Å². The second-order valence-corrected chi connectivity index (χ2v) is 4.48. The van der Waals surface area contributed by atoms with Crippen molar-refractivity contribution in [2.75, 3.05) is 0 Å². The Kier molecular flexibility index (Phi) is 4.53. The van der Waals surface area contributed by atoms with Crippen LogP contribution < -0.4 is 11.1 Å².